The summed E-state index contributed by atoms with van der Waals surface area (Å²) in [5.41, 5.74) is 8.09. The second-order valence-corrected chi connectivity index (χ2v) is 5.79. The zero-order valence-electron chi connectivity index (χ0n) is 11.8. The Morgan fingerprint density at radius 1 is 1.50 bits per heavy atom. The van der Waals surface area contributed by atoms with Gasteiger partial charge in [0.15, 0.2) is 0 Å². The highest BCUT2D eigenvalue weighted by molar-refractivity contribution is 5.95. The third-order valence-corrected chi connectivity index (χ3v) is 4.30. The molecular formula is C15H21N3O2. The number of ether oxygens (including phenoxy) is 1. The van der Waals surface area contributed by atoms with Crippen molar-refractivity contribution in [3.63, 3.8) is 0 Å². The molecule has 5 heteroatoms. The minimum atomic E-state index is -0.460. The number of piperidine rings is 1. The first-order valence-corrected chi connectivity index (χ1v) is 7.35. The van der Waals surface area contributed by atoms with E-state index in [0.29, 0.717) is 17.4 Å². The number of nitrogens with one attached hydrogen (secondary N) is 1. The summed E-state index contributed by atoms with van der Waals surface area (Å²) < 4.78 is 6.01. The first-order valence-electron chi connectivity index (χ1n) is 7.35. The summed E-state index contributed by atoms with van der Waals surface area (Å²) in [4.78, 5) is 16.2. The molecule has 2 atom stereocenters. The molecule has 0 bridgehead atoms. The molecule has 0 saturated carbocycles. The summed E-state index contributed by atoms with van der Waals surface area (Å²) >= 11 is 0. The number of hydrogen-bond donors (Lipinski definition) is 2. The molecule has 2 unspecified atom stereocenters. The molecule has 5 nitrogen and oxygen atoms in total. The van der Waals surface area contributed by atoms with E-state index < -0.39 is 5.91 Å². The van der Waals surface area contributed by atoms with Crippen molar-refractivity contribution in [2.45, 2.75) is 38.7 Å². The SMILES string of the molecule is CC1CCNCC1Oc1nc2c(cc1C(N)=O)CCC2. The van der Waals surface area contributed by atoms with Gasteiger partial charge < -0.3 is 15.8 Å². The number of carbonyl (C=O) groups excluding carboxylic acids is 1. The van der Waals surface area contributed by atoms with E-state index in [-0.39, 0.29) is 6.10 Å². The number of amides is 1. The number of fused-ring (bicyclic) bond motifs is 1. The molecule has 0 radical (unpaired) electrons. The number of nitrogens with zero attached hydrogens (tertiary/aromatic N) is 1. The van der Waals surface area contributed by atoms with Crippen molar-refractivity contribution in [3.05, 3.63) is 22.9 Å². The van der Waals surface area contributed by atoms with Gasteiger partial charge in [-0.05, 0) is 49.8 Å². The molecule has 20 heavy (non-hydrogen) atoms. The Hall–Kier alpha value is -1.62. The second kappa shape index (κ2) is 5.40. The Morgan fingerprint density at radius 2 is 2.35 bits per heavy atom. The number of rotatable bonds is 3. The number of aryl methyl sites for hydroxylation is 2. The average molecular weight is 275 g/mol. The standard InChI is InChI=1S/C15H21N3O2/c1-9-5-6-17-8-13(9)20-15-11(14(16)19)7-10-3-2-4-12(10)18-15/h7,9,13,17H,2-6,8H2,1H3,(H2,16,19). The fraction of sp³-hybridized carbons (Fsp3) is 0.600. The Morgan fingerprint density at radius 3 is 3.10 bits per heavy atom. The van der Waals surface area contributed by atoms with E-state index >= 15 is 0 Å². The van der Waals surface area contributed by atoms with Crippen molar-refractivity contribution in [2.75, 3.05) is 13.1 Å². The van der Waals surface area contributed by atoms with Crippen LogP contribution in [0.1, 0.15) is 41.4 Å². The van der Waals surface area contributed by atoms with Gasteiger partial charge >= 0.3 is 0 Å². The number of pyridine rings is 1. The Labute approximate surface area is 118 Å². The lowest BCUT2D eigenvalue weighted by Gasteiger charge is -2.30. The highest BCUT2D eigenvalue weighted by Crippen LogP contribution is 2.28. The lowest BCUT2D eigenvalue weighted by atomic mass is 9.97. The fourth-order valence-corrected chi connectivity index (χ4v) is 2.98. The Kier molecular flexibility index (Phi) is 3.61. The van der Waals surface area contributed by atoms with Crippen molar-refractivity contribution in [1.82, 2.24) is 10.3 Å². The van der Waals surface area contributed by atoms with Crippen molar-refractivity contribution >= 4 is 5.91 Å². The molecule has 1 aliphatic carbocycles. The van der Waals surface area contributed by atoms with E-state index in [4.69, 9.17) is 10.5 Å². The zero-order chi connectivity index (χ0) is 14.1. The molecule has 3 N–H and O–H groups in total. The fourth-order valence-electron chi connectivity index (χ4n) is 2.98. The van der Waals surface area contributed by atoms with Gasteiger partial charge in [0.05, 0.1) is 0 Å². The average Bonchev–Trinajstić information content (AvgIpc) is 2.87. The third kappa shape index (κ3) is 2.50. The number of hydrogen-bond acceptors (Lipinski definition) is 4. The highest BCUT2D eigenvalue weighted by atomic mass is 16.5. The molecule has 3 rings (SSSR count). The summed E-state index contributed by atoms with van der Waals surface area (Å²) in [6, 6.07) is 1.87. The van der Waals surface area contributed by atoms with E-state index in [0.717, 1.165) is 50.0 Å². The van der Waals surface area contributed by atoms with Gasteiger partial charge in [-0.3, -0.25) is 4.79 Å². The van der Waals surface area contributed by atoms with Gasteiger partial charge in [0.25, 0.3) is 5.91 Å². The van der Waals surface area contributed by atoms with Crippen LogP contribution in [0.2, 0.25) is 0 Å². The van der Waals surface area contributed by atoms with Crippen molar-refractivity contribution in [3.8, 4) is 5.88 Å². The van der Waals surface area contributed by atoms with Crippen molar-refractivity contribution < 1.29 is 9.53 Å². The van der Waals surface area contributed by atoms with Crippen LogP contribution >= 0.6 is 0 Å². The van der Waals surface area contributed by atoms with Crippen LogP contribution in [0.25, 0.3) is 0 Å². The Bertz CT molecular complexity index is 530. The molecule has 1 amide bonds. The number of primary amides is 1. The molecule has 1 aromatic heterocycles. The zero-order valence-corrected chi connectivity index (χ0v) is 11.8. The van der Waals surface area contributed by atoms with Gasteiger partial charge in [-0.25, -0.2) is 4.98 Å². The predicted octanol–water partition coefficient (Wildman–Crippen LogP) is 1.05. The first kappa shape index (κ1) is 13.4. The molecule has 0 aromatic carbocycles. The lowest BCUT2D eigenvalue weighted by molar-refractivity contribution is 0.0951. The molecule has 2 aliphatic rings. The molecule has 1 fully saturated rings. The van der Waals surface area contributed by atoms with E-state index in [1.54, 1.807) is 0 Å². The second-order valence-electron chi connectivity index (χ2n) is 5.79. The summed E-state index contributed by atoms with van der Waals surface area (Å²) in [5.74, 6) is 0.407. The molecule has 1 saturated heterocycles. The van der Waals surface area contributed by atoms with Crippen LogP contribution in [0, 0.1) is 5.92 Å². The van der Waals surface area contributed by atoms with Crippen LogP contribution in [0.5, 0.6) is 5.88 Å². The van der Waals surface area contributed by atoms with Crippen LogP contribution in [-0.2, 0) is 12.8 Å². The maximum absolute atomic E-state index is 11.6. The van der Waals surface area contributed by atoms with Gasteiger partial charge in [0.2, 0.25) is 5.88 Å². The first-order chi connectivity index (χ1) is 9.65. The number of nitrogens with two attached hydrogens (primary N) is 1. The number of carbonyl (C=O) groups is 1. The molecule has 108 valence electrons. The van der Waals surface area contributed by atoms with Crippen LogP contribution in [0.15, 0.2) is 6.07 Å². The number of aromatic nitrogens is 1. The van der Waals surface area contributed by atoms with Gasteiger partial charge in [0.1, 0.15) is 11.7 Å². The largest absolute Gasteiger partial charge is 0.472 e. The summed E-state index contributed by atoms with van der Waals surface area (Å²) in [7, 11) is 0. The molecule has 0 spiro atoms. The molecule has 1 aromatic rings. The van der Waals surface area contributed by atoms with Gasteiger partial charge in [0, 0.05) is 12.2 Å². The van der Waals surface area contributed by atoms with Gasteiger partial charge in [-0.15, -0.1) is 0 Å². The minimum absolute atomic E-state index is 0.0498. The maximum Gasteiger partial charge on any atom is 0.254 e. The monoisotopic (exact) mass is 275 g/mol. The lowest BCUT2D eigenvalue weighted by Crippen LogP contribution is -2.43. The van der Waals surface area contributed by atoms with Gasteiger partial charge in [-0.2, -0.15) is 0 Å². The molecule has 1 aliphatic heterocycles. The topological polar surface area (TPSA) is 77.2 Å². The van der Waals surface area contributed by atoms with E-state index in [9.17, 15) is 4.79 Å². The summed E-state index contributed by atoms with van der Waals surface area (Å²) in [6.07, 6.45) is 4.15. The van der Waals surface area contributed by atoms with E-state index in [1.807, 2.05) is 6.07 Å². The quantitative estimate of drug-likeness (QED) is 0.864. The highest BCUT2D eigenvalue weighted by Gasteiger charge is 2.26. The van der Waals surface area contributed by atoms with Crippen LogP contribution in [0.3, 0.4) is 0 Å². The summed E-state index contributed by atoms with van der Waals surface area (Å²) in [6.45, 7) is 3.97. The van der Waals surface area contributed by atoms with Crippen LogP contribution < -0.4 is 15.8 Å². The molecular weight excluding hydrogens is 254 g/mol. The van der Waals surface area contributed by atoms with Crippen molar-refractivity contribution in [2.24, 2.45) is 11.7 Å². The third-order valence-electron chi connectivity index (χ3n) is 4.30. The minimum Gasteiger partial charge on any atom is -0.472 e. The Balaban J connectivity index is 1.89. The maximum atomic E-state index is 11.6. The van der Waals surface area contributed by atoms with Crippen molar-refractivity contribution in [1.29, 1.82) is 0 Å². The van der Waals surface area contributed by atoms with Gasteiger partial charge in [-0.1, -0.05) is 6.92 Å². The summed E-state index contributed by atoms with van der Waals surface area (Å²) in [5, 5.41) is 3.32. The normalized spacial score (nSPS) is 25.2. The molecule has 2 heterocycles. The van der Waals surface area contributed by atoms with E-state index in [1.165, 1.54) is 0 Å². The smallest absolute Gasteiger partial charge is 0.254 e. The van der Waals surface area contributed by atoms with Crippen LogP contribution in [0.4, 0.5) is 0 Å². The predicted molar refractivity (Wildman–Crippen MR) is 75.8 cm³/mol. The van der Waals surface area contributed by atoms with E-state index in [2.05, 4.69) is 17.2 Å². The van der Waals surface area contributed by atoms with Crippen LogP contribution in [-0.4, -0.2) is 30.1 Å².